The predicted octanol–water partition coefficient (Wildman–Crippen LogP) is 2.04. The molecule has 1 aromatic carbocycles. The molecule has 1 amide bonds. The number of carbonyl (C=O) groups is 1. The van der Waals surface area contributed by atoms with E-state index in [-0.39, 0.29) is 17.4 Å². The second kappa shape index (κ2) is 5.03. The Labute approximate surface area is 120 Å². The van der Waals surface area contributed by atoms with Crippen LogP contribution in [0.15, 0.2) is 18.2 Å². The lowest BCUT2D eigenvalue weighted by Crippen LogP contribution is -2.29. The molecule has 0 radical (unpaired) electrons. The summed E-state index contributed by atoms with van der Waals surface area (Å²) in [5.74, 6) is -0.137. The Kier molecular flexibility index (Phi) is 3.35. The van der Waals surface area contributed by atoms with Gasteiger partial charge in [0.2, 0.25) is 0 Å². The summed E-state index contributed by atoms with van der Waals surface area (Å²) in [6.07, 6.45) is 0.918. The van der Waals surface area contributed by atoms with Crippen molar-refractivity contribution < 1.29 is 9.18 Å². The summed E-state index contributed by atoms with van der Waals surface area (Å²) >= 11 is 1.25. The van der Waals surface area contributed by atoms with Crippen LogP contribution in [-0.4, -0.2) is 30.4 Å². The smallest absolute Gasteiger partial charge is 0.266 e. The summed E-state index contributed by atoms with van der Waals surface area (Å²) < 4.78 is 14.5. The maximum atomic E-state index is 13.8. The van der Waals surface area contributed by atoms with Crippen molar-refractivity contribution in [1.29, 1.82) is 0 Å². The number of fused-ring (bicyclic) bond motifs is 1. The molecule has 2 heterocycles. The first-order chi connectivity index (χ1) is 9.61. The zero-order valence-electron chi connectivity index (χ0n) is 10.9. The normalized spacial score (nSPS) is 18.9. The Morgan fingerprint density at radius 3 is 2.95 bits per heavy atom. The number of hydrogen-bond donors (Lipinski definition) is 2. The average molecular weight is 293 g/mol. The van der Waals surface area contributed by atoms with Gasteiger partial charge in [0.25, 0.3) is 5.91 Å². The van der Waals surface area contributed by atoms with E-state index in [1.807, 2.05) is 0 Å². The molecule has 0 saturated carbocycles. The van der Waals surface area contributed by atoms with Crippen LogP contribution in [0.3, 0.4) is 0 Å². The SMILES string of the molecule is NCC1CCN(C(=O)c2sc3cccc(F)c3c2N)C1. The number of rotatable bonds is 2. The largest absolute Gasteiger partial charge is 0.397 e. The number of nitrogens with zero attached hydrogens (tertiary/aromatic N) is 1. The molecule has 1 aliphatic heterocycles. The fourth-order valence-corrected chi connectivity index (χ4v) is 3.75. The molecule has 0 aliphatic carbocycles. The maximum Gasteiger partial charge on any atom is 0.266 e. The standard InChI is InChI=1S/C14H16FN3OS/c15-9-2-1-3-10-11(9)12(17)13(20-10)14(19)18-5-4-8(6-16)7-18/h1-3,8H,4-7,16-17H2. The molecule has 1 fully saturated rings. The van der Waals surface area contributed by atoms with E-state index in [9.17, 15) is 9.18 Å². The van der Waals surface area contributed by atoms with Crippen LogP contribution in [0.5, 0.6) is 0 Å². The molecule has 4 nitrogen and oxygen atoms in total. The molecule has 1 saturated heterocycles. The molecule has 0 bridgehead atoms. The molecule has 3 rings (SSSR count). The number of benzene rings is 1. The molecule has 2 aromatic rings. The minimum Gasteiger partial charge on any atom is -0.397 e. The average Bonchev–Trinajstić information content (AvgIpc) is 3.04. The molecule has 6 heteroatoms. The van der Waals surface area contributed by atoms with Crippen LogP contribution in [0.1, 0.15) is 16.1 Å². The molecule has 20 heavy (non-hydrogen) atoms. The van der Waals surface area contributed by atoms with Crippen molar-refractivity contribution in [1.82, 2.24) is 4.90 Å². The number of nitrogen functional groups attached to an aromatic ring is 1. The van der Waals surface area contributed by atoms with Crippen molar-refractivity contribution in [3.05, 3.63) is 28.9 Å². The molecular weight excluding hydrogens is 277 g/mol. The summed E-state index contributed by atoms with van der Waals surface area (Å²) in [6, 6.07) is 4.77. The van der Waals surface area contributed by atoms with E-state index in [0.29, 0.717) is 40.5 Å². The van der Waals surface area contributed by atoms with Gasteiger partial charge >= 0.3 is 0 Å². The van der Waals surface area contributed by atoms with E-state index in [2.05, 4.69) is 0 Å². The Bertz CT molecular complexity index is 670. The fraction of sp³-hybridized carbons (Fsp3) is 0.357. The lowest BCUT2D eigenvalue weighted by atomic mass is 10.1. The summed E-state index contributed by atoms with van der Waals surface area (Å²) in [4.78, 5) is 14.7. The lowest BCUT2D eigenvalue weighted by Gasteiger charge is -2.15. The van der Waals surface area contributed by atoms with Gasteiger partial charge in [-0.05, 0) is 31.0 Å². The first kappa shape index (κ1) is 13.3. The third-order valence-corrected chi connectivity index (χ3v) is 4.96. The van der Waals surface area contributed by atoms with E-state index in [0.717, 1.165) is 6.42 Å². The maximum absolute atomic E-state index is 13.8. The van der Waals surface area contributed by atoms with Gasteiger partial charge in [0.1, 0.15) is 10.7 Å². The fourth-order valence-electron chi connectivity index (χ4n) is 2.64. The number of anilines is 1. The number of thiophene rings is 1. The zero-order valence-corrected chi connectivity index (χ0v) is 11.8. The van der Waals surface area contributed by atoms with Crippen LogP contribution in [0.25, 0.3) is 10.1 Å². The number of nitrogens with two attached hydrogens (primary N) is 2. The Balaban J connectivity index is 1.96. The minimum atomic E-state index is -0.378. The van der Waals surface area contributed by atoms with Gasteiger partial charge in [0.05, 0.1) is 11.1 Å². The Morgan fingerprint density at radius 2 is 2.30 bits per heavy atom. The Hall–Kier alpha value is -1.66. The number of hydrogen-bond acceptors (Lipinski definition) is 4. The van der Waals surface area contributed by atoms with Gasteiger partial charge in [0, 0.05) is 17.8 Å². The first-order valence-electron chi connectivity index (χ1n) is 6.57. The summed E-state index contributed by atoms with van der Waals surface area (Å²) in [5, 5.41) is 0.357. The summed E-state index contributed by atoms with van der Waals surface area (Å²) in [5.41, 5.74) is 11.9. The number of carbonyl (C=O) groups excluding carboxylic acids is 1. The van der Waals surface area contributed by atoms with Crippen LogP contribution in [-0.2, 0) is 0 Å². The highest BCUT2D eigenvalue weighted by atomic mass is 32.1. The topological polar surface area (TPSA) is 72.3 Å². The first-order valence-corrected chi connectivity index (χ1v) is 7.39. The Morgan fingerprint density at radius 1 is 1.50 bits per heavy atom. The van der Waals surface area contributed by atoms with Gasteiger partial charge in [-0.15, -0.1) is 11.3 Å². The van der Waals surface area contributed by atoms with Crippen LogP contribution in [0.4, 0.5) is 10.1 Å². The van der Waals surface area contributed by atoms with Crippen LogP contribution in [0, 0.1) is 11.7 Å². The van der Waals surface area contributed by atoms with Crippen molar-refractivity contribution in [2.75, 3.05) is 25.4 Å². The predicted molar refractivity (Wildman–Crippen MR) is 79.3 cm³/mol. The molecule has 1 aliphatic rings. The van der Waals surface area contributed by atoms with E-state index in [4.69, 9.17) is 11.5 Å². The van der Waals surface area contributed by atoms with Gasteiger partial charge in [-0.3, -0.25) is 4.79 Å². The molecule has 1 atom stereocenters. The van der Waals surface area contributed by atoms with Crippen molar-refractivity contribution in [3.63, 3.8) is 0 Å². The highest BCUT2D eigenvalue weighted by molar-refractivity contribution is 7.21. The van der Waals surface area contributed by atoms with E-state index >= 15 is 0 Å². The second-order valence-electron chi connectivity index (χ2n) is 5.10. The zero-order chi connectivity index (χ0) is 14.3. The molecular formula is C14H16FN3OS. The summed E-state index contributed by atoms with van der Waals surface area (Å²) in [7, 11) is 0. The third kappa shape index (κ3) is 2.05. The molecule has 1 aromatic heterocycles. The third-order valence-electron chi connectivity index (χ3n) is 3.80. The number of likely N-dealkylation sites (tertiary alicyclic amines) is 1. The molecule has 106 valence electrons. The van der Waals surface area contributed by atoms with Crippen LogP contribution >= 0.6 is 11.3 Å². The van der Waals surface area contributed by atoms with Gasteiger partial charge in [-0.1, -0.05) is 6.07 Å². The van der Waals surface area contributed by atoms with Crippen LogP contribution in [0.2, 0.25) is 0 Å². The van der Waals surface area contributed by atoms with Gasteiger partial charge < -0.3 is 16.4 Å². The van der Waals surface area contributed by atoms with Gasteiger partial charge in [-0.2, -0.15) is 0 Å². The van der Waals surface area contributed by atoms with Crippen molar-refractivity contribution in [2.24, 2.45) is 11.7 Å². The summed E-state index contributed by atoms with van der Waals surface area (Å²) in [6.45, 7) is 1.93. The molecule has 4 N–H and O–H groups in total. The van der Waals surface area contributed by atoms with E-state index in [1.165, 1.54) is 17.4 Å². The highest BCUT2D eigenvalue weighted by Crippen LogP contribution is 2.36. The van der Waals surface area contributed by atoms with Gasteiger partial charge in [-0.25, -0.2) is 4.39 Å². The van der Waals surface area contributed by atoms with Crippen molar-refractivity contribution >= 4 is 33.0 Å². The second-order valence-corrected chi connectivity index (χ2v) is 6.15. The quantitative estimate of drug-likeness (QED) is 0.890. The number of halogens is 1. The minimum absolute atomic E-state index is 0.112. The monoisotopic (exact) mass is 293 g/mol. The van der Waals surface area contributed by atoms with E-state index in [1.54, 1.807) is 17.0 Å². The molecule has 1 unspecified atom stereocenters. The van der Waals surface area contributed by atoms with Gasteiger partial charge in [0.15, 0.2) is 0 Å². The van der Waals surface area contributed by atoms with Crippen LogP contribution < -0.4 is 11.5 Å². The molecule has 0 spiro atoms. The number of amides is 1. The van der Waals surface area contributed by atoms with Crippen molar-refractivity contribution in [2.45, 2.75) is 6.42 Å². The lowest BCUT2D eigenvalue weighted by molar-refractivity contribution is 0.0793. The highest BCUT2D eigenvalue weighted by Gasteiger charge is 2.29. The van der Waals surface area contributed by atoms with Crippen molar-refractivity contribution in [3.8, 4) is 0 Å². The van der Waals surface area contributed by atoms with E-state index < -0.39 is 0 Å².